The lowest BCUT2D eigenvalue weighted by Gasteiger charge is -2.01. The second-order valence-corrected chi connectivity index (χ2v) is 3.22. The van der Waals surface area contributed by atoms with Crippen molar-refractivity contribution in [3.8, 4) is 0 Å². The maximum atomic E-state index is 13.4. The lowest BCUT2D eigenvalue weighted by Crippen LogP contribution is -2.11. The molecule has 0 spiro atoms. The zero-order valence-electron chi connectivity index (χ0n) is 7.57. The number of hydrogen-bond acceptors (Lipinski definition) is 2. The van der Waals surface area contributed by atoms with Crippen molar-refractivity contribution >= 4 is 16.6 Å². The summed E-state index contributed by atoms with van der Waals surface area (Å²) in [6.45, 7) is 0. The van der Waals surface area contributed by atoms with Crippen molar-refractivity contribution in [1.29, 1.82) is 0 Å². The van der Waals surface area contributed by atoms with E-state index in [0.717, 1.165) is 0 Å². The van der Waals surface area contributed by atoms with Gasteiger partial charge in [0.05, 0.1) is 11.7 Å². The molecule has 0 fully saturated rings. The lowest BCUT2D eigenvalue weighted by atomic mass is 10.3. The van der Waals surface area contributed by atoms with Gasteiger partial charge in [-0.25, -0.2) is 8.91 Å². The molecule has 15 heavy (non-hydrogen) atoms. The second kappa shape index (κ2) is 2.66. The molecule has 5 heteroatoms. The highest BCUT2D eigenvalue weighted by atomic mass is 19.1. The molecule has 74 valence electrons. The van der Waals surface area contributed by atoms with Crippen LogP contribution in [0, 0.1) is 5.82 Å². The lowest BCUT2D eigenvalue weighted by molar-refractivity contribution is 0.635. The predicted molar refractivity (Wildman–Crippen MR) is 53.3 cm³/mol. The smallest absolute Gasteiger partial charge is 0.274 e. The van der Waals surface area contributed by atoms with Gasteiger partial charge in [0.2, 0.25) is 0 Å². The van der Waals surface area contributed by atoms with E-state index >= 15 is 0 Å². The van der Waals surface area contributed by atoms with Crippen LogP contribution in [0.25, 0.3) is 16.6 Å². The normalized spacial score (nSPS) is 11.3. The van der Waals surface area contributed by atoms with Crippen LogP contribution >= 0.6 is 0 Å². The monoisotopic (exact) mass is 203 g/mol. The fourth-order valence-electron chi connectivity index (χ4n) is 1.66. The number of aromatic nitrogens is 3. The van der Waals surface area contributed by atoms with E-state index in [0.29, 0.717) is 11.0 Å². The molecular weight excluding hydrogens is 197 g/mol. The van der Waals surface area contributed by atoms with E-state index in [1.165, 1.54) is 16.8 Å². The Hall–Kier alpha value is -2.17. The van der Waals surface area contributed by atoms with Crippen LogP contribution in [-0.2, 0) is 0 Å². The van der Waals surface area contributed by atoms with Gasteiger partial charge in [-0.2, -0.15) is 5.10 Å². The third-order valence-electron chi connectivity index (χ3n) is 2.33. The van der Waals surface area contributed by atoms with Gasteiger partial charge in [-0.1, -0.05) is 6.07 Å². The van der Waals surface area contributed by atoms with E-state index in [2.05, 4.69) is 10.1 Å². The number of aromatic amines is 1. The Kier molecular flexibility index (Phi) is 1.45. The first-order valence-corrected chi connectivity index (χ1v) is 4.41. The molecule has 0 aliphatic heterocycles. The number of nitrogens with one attached hydrogen (secondary N) is 1. The van der Waals surface area contributed by atoms with Crippen molar-refractivity contribution in [2.75, 3.05) is 0 Å². The number of fused-ring (bicyclic) bond motifs is 3. The highest BCUT2D eigenvalue weighted by Crippen LogP contribution is 2.13. The summed E-state index contributed by atoms with van der Waals surface area (Å²) < 4.78 is 14.8. The van der Waals surface area contributed by atoms with E-state index in [1.807, 2.05) is 0 Å². The number of benzene rings is 1. The Labute approximate surface area is 83.0 Å². The standard InChI is InChI=1S/C10H6FN3O/c11-6-2-1-3-7-9(6)13-10(15)8-4-5-12-14(7)8/h1-5H,(H,13,15). The third kappa shape index (κ3) is 0.999. The molecule has 2 heterocycles. The first-order chi connectivity index (χ1) is 7.27. The van der Waals surface area contributed by atoms with Gasteiger partial charge >= 0.3 is 0 Å². The van der Waals surface area contributed by atoms with Gasteiger partial charge in [0.1, 0.15) is 16.9 Å². The van der Waals surface area contributed by atoms with E-state index < -0.39 is 5.82 Å². The predicted octanol–water partition coefficient (Wildman–Crippen LogP) is 1.31. The van der Waals surface area contributed by atoms with Crippen LogP contribution in [0.1, 0.15) is 0 Å². The third-order valence-corrected chi connectivity index (χ3v) is 2.33. The Morgan fingerprint density at radius 3 is 3.00 bits per heavy atom. The van der Waals surface area contributed by atoms with Gasteiger partial charge in [0.25, 0.3) is 5.56 Å². The minimum Gasteiger partial charge on any atom is -0.316 e. The fourth-order valence-corrected chi connectivity index (χ4v) is 1.66. The molecule has 0 radical (unpaired) electrons. The van der Waals surface area contributed by atoms with Crippen LogP contribution in [0.15, 0.2) is 35.3 Å². The van der Waals surface area contributed by atoms with Gasteiger partial charge in [-0.05, 0) is 18.2 Å². The molecule has 1 N–H and O–H groups in total. The Morgan fingerprint density at radius 2 is 2.13 bits per heavy atom. The SMILES string of the molecule is O=c1[nH]c2c(F)cccc2n2nccc12. The van der Waals surface area contributed by atoms with Crippen LogP contribution in [0.4, 0.5) is 4.39 Å². The maximum absolute atomic E-state index is 13.4. The molecule has 3 aromatic rings. The van der Waals surface area contributed by atoms with Gasteiger partial charge in [-0.15, -0.1) is 0 Å². The van der Waals surface area contributed by atoms with E-state index in [1.54, 1.807) is 18.2 Å². The average Bonchev–Trinajstić information content (AvgIpc) is 2.69. The first kappa shape index (κ1) is 8.16. The molecule has 0 atom stereocenters. The molecule has 0 aliphatic rings. The summed E-state index contributed by atoms with van der Waals surface area (Å²) in [5.41, 5.74) is 0.798. The molecule has 0 amide bonds. The number of para-hydroxylation sites is 1. The molecule has 0 bridgehead atoms. The van der Waals surface area contributed by atoms with Gasteiger partial charge in [0, 0.05) is 0 Å². The number of halogens is 1. The molecule has 0 saturated carbocycles. The van der Waals surface area contributed by atoms with Crippen LogP contribution in [-0.4, -0.2) is 14.6 Å². The zero-order chi connectivity index (χ0) is 10.4. The second-order valence-electron chi connectivity index (χ2n) is 3.22. The minimum absolute atomic E-state index is 0.179. The van der Waals surface area contributed by atoms with Crippen molar-refractivity contribution < 1.29 is 4.39 Å². The van der Waals surface area contributed by atoms with Crippen LogP contribution in [0.2, 0.25) is 0 Å². The van der Waals surface area contributed by atoms with Gasteiger partial charge in [0.15, 0.2) is 0 Å². The number of rotatable bonds is 0. The molecular formula is C10H6FN3O. The Bertz CT molecular complexity index is 713. The molecule has 0 aliphatic carbocycles. The number of hydrogen-bond donors (Lipinski definition) is 1. The van der Waals surface area contributed by atoms with Gasteiger partial charge < -0.3 is 4.98 Å². The van der Waals surface area contributed by atoms with E-state index in [4.69, 9.17) is 0 Å². The van der Waals surface area contributed by atoms with Crippen molar-refractivity contribution in [1.82, 2.24) is 14.6 Å². The summed E-state index contributed by atoms with van der Waals surface area (Å²) in [6, 6.07) is 6.17. The van der Waals surface area contributed by atoms with E-state index in [-0.39, 0.29) is 11.1 Å². The average molecular weight is 203 g/mol. The Morgan fingerprint density at radius 1 is 1.27 bits per heavy atom. The van der Waals surface area contributed by atoms with E-state index in [9.17, 15) is 9.18 Å². The number of nitrogens with zero attached hydrogens (tertiary/aromatic N) is 2. The molecule has 4 nitrogen and oxygen atoms in total. The quantitative estimate of drug-likeness (QED) is 0.599. The zero-order valence-corrected chi connectivity index (χ0v) is 7.57. The summed E-state index contributed by atoms with van der Waals surface area (Å²) in [5, 5.41) is 3.98. The number of H-pyrrole nitrogens is 1. The highest BCUT2D eigenvalue weighted by Gasteiger charge is 2.07. The topological polar surface area (TPSA) is 50.2 Å². The maximum Gasteiger partial charge on any atom is 0.274 e. The largest absolute Gasteiger partial charge is 0.316 e. The highest BCUT2D eigenvalue weighted by molar-refractivity contribution is 5.77. The van der Waals surface area contributed by atoms with Gasteiger partial charge in [-0.3, -0.25) is 4.79 Å². The molecule has 3 rings (SSSR count). The molecule has 0 saturated heterocycles. The molecule has 1 aromatic carbocycles. The van der Waals surface area contributed by atoms with Crippen LogP contribution in [0.5, 0.6) is 0 Å². The van der Waals surface area contributed by atoms with Crippen LogP contribution in [0.3, 0.4) is 0 Å². The summed E-state index contributed by atoms with van der Waals surface area (Å²) in [6.07, 6.45) is 1.51. The van der Waals surface area contributed by atoms with Crippen molar-refractivity contribution in [3.05, 3.63) is 46.6 Å². The fraction of sp³-hybridized carbons (Fsp3) is 0. The Balaban J connectivity index is 2.72. The summed E-state index contributed by atoms with van der Waals surface area (Å²) in [4.78, 5) is 14.0. The van der Waals surface area contributed by atoms with Crippen LogP contribution < -0.4 is 5.56 Å². The van der Waals surface area contributed by atoms with Crippen molar-refractivity contribution in [3.63, 3.8) is 0 Å². The summed E-state index contributed by atoms with van der Waals surface area (Å²) in [7, 11) is 0. The molecule has 0 unspecified atom stereocenters. The minimum atomic E-state index is -0.456. The molecule has 2 aromatic heterocycles. The van der Waals surface area contributed by atoms with Crippen molar-refractivity contribution in [2.45, 2.75) is 0 Å². The summed E-state index contributed by atoms with van der Waals surface area (Å²) >= 11 is 0. The first-order valence-electron chi connectivity index (χ1n) is 4.41. The summed E-state index contributed by atoms with van der Waals surface area (Å²) in [5.74, 6) is -0.456. The van der Waals surface area contributed by atoms with Crippen molar-refractivity contribution in [2.24, 2.45) is 0 Å².